The van der Waals surface area contributed by atoms with Crippen molar-refractivity contribution in [1.82, 2.24) is 0 Å². The Labute approximate surface area is 61.2 Å². The first-order valence-electron chi connectivity index (χ1n) is 3.61. The Hall–Kier alpha value is -1.04. The largest absolute Gasteiger partial charge is 0.0763 e. The van der Waals surface area contributed by atoms with Crippen molar-refractivity contribution < 1.29 is 0 Å². The molecule has 0 unspecified atom stereocenters. The van der Waals surface area contributed by atoms with Crippen LogP contribution < -0.4 is 0 Å². The molecule has 10 heavy (non-hydrogen) atoms. The minimum absolute atomic E-state index is 0.653. The summed E-state index contributed by atoms with van der Waals surface area (Å²) >= 11 is 0. The van der Waals surface area contributed by atoms with Gasteiger partial charge in [-0.05, 0) is 12.5 Å². The van der Waals surface area contributed by atoms with Gasteiger partial charge in [0.25, 0.3) is 0 Å². The second-order valence-corrected chi connectivity index (χ2v) is 2.82. The quantitative estimate of drug-likeness (QED) is 0.513. The van der Waals surface area contributed by atoms with Crippen molar-refractivity contribution in [2.24, 2.45) is 0 Å². The molecule has 2 rings (SSSR count). The van der Waals surface area contributed by atoms with Crippen molar-refractivity contribution in [1.29, 1.82) is 0 Å². The lowest BCUT2D eigenvalue weighted by molar-refractivity contribution is 1.22. The molecule has 0 fully saturated rings. The van der Waals surface area contributed by atoms with Gasteiger partial charge < -0.3 is 0 Å². The Bertz CT molecular complexity index is 248. The molecular formula is C10H10. The van der Waals surface area contributed by atoms with Gasteiger partial charge in [-0.15, -0.1) is 0 Å². The fourth-order valence-corrected chi connectivity index (χ4v) is 1.07. The number of benzene rings is 1. The molecule has 0 spiro atoms. The van der Waals surface area contributed by atoms with Crippen LogP contribution >= 0.6 is 0 Å². The summed E-state index contributed by atoms with van der Waals surface area (Å²) < 4.78 is 0. The molecule has 0 heterocycles. The third-order valence-corrected chi connectivity index (χ3v) is 1.85. The van der Waals surface area contributed by atoms with Crippen LogP contribution in [0.1, 0.15) is 17.0 Å². The van der Waals surface area contributed by atoms with Gasteiger partial charge >= 0.3 is 0 Å². The summed E-state index contributed by atoms with van der Waals surface area (Å²) in [4.78, 5) is 0. The van der Waals surface area contributed by atoms with Gasteiger partial charge in [-0.2, -0.15) is 0 Å². The first-order chi connectivity index (χ1) is 4.86. The van der Waals surface area contributed by atoms with E-state index in [9.17, 15) is 0 Å². The predicted octanol–water partition coefficient (Wildman–Crippen LogP) is 2.65. The molecule has 0 heteroatoms. The molecule has 1 aliphatic carbocycles. The molecule has 0 aromatic heterocycles. The van der Waals surface area contributed by atoms with E-state index in [2.05, 4.69) is 43.3 Å². The van der Waals surface area contributed by atoms with Crippen molar-refractivity contribution in [2.45, 2.75) is 12.8 Å². The molecule has 50 valence electrons. The normalized spacial score (nSPS) is 15.7. The van der Waals surface area contributed by atoms with Gasteiger partial charge in [-0.1, -0.05) is 42.0 Å². The maximum atomic E-state index is 2.21. The zero-order valence-electron chi connectivity index (χ0n) is 6.04. The molecule has 0 saturated carbocycles. The number of rotatable bonds is 1. The fraction of sp³-hybridized carbons (Fsp3) is 0.200. The highest BCUT2D eigenvalue weighted by Crippen LogP contribution is 2.29. The Morgan fingerprint density at radius 3 is 2.10 bits per heavy atom. The Balaban J connectivity index is 2.28. The summed E-state index contributed by atoms with van der Waals surface area (Å²) in [5.74, 6) is 0.653. The first kappa shape index (κ1) is 5.72. The van der Waals surface area contributed by atoms with Crippen LogP contribution in [0.5, 0.6) is 0 Å². The molecule has 0 bridgehead atoms. The van der Waals surface area contributed by atoms with Gasteiger partial charge in [0.15, 0.2) is 0 Å². The van der Waals surface area contributed by atoms with Gasteiger partial charge in [0.2, 0.25) is 0 Å². The molecular weight excluding hydrogens is 120 g/mol. The third kappa shape index (κ3) is 0.971. The summed E-state index contributed by atoms with van der Waals surface area (Å²) in [7, 11) is 0. The topological polar surface area (TPSA) is 0 Å². The zero-order chi connectivity index (χ0) is 6.97. The van der Waals surface area contributed by atoms with Crippen LogP contribution in [0.4, 0.5) is 0 Å². The monoisotopic (exact) mass is 130 g/mol. The van der Waals surface area contributed by atoms with Crippen LogP contribution in [-0.4, -0.2) is 0 Å². The van der Waals surface area contributed by atoms with Gasteiger partial charge in [0.05, 0.1) is 0 Å². The maximum Gasteiger partial charge on any atom is 0.0199 e. The lowest BCUT2D eigenvalue weighted by atomic mass is 10.1. The van der Waals surface area contributed by atoms with E-state index < -0.39 is 0 Å². The van der Waals surface area contributed by atoms with E-state index >= 15 is 0 Å². The number of hydrogen-bond donors (Lipinski definition) is 0. The van der Waals surface area contributed by atoms with Crippen LogP contribution in [0.3, 0.4) is 0 Å². The summed E-state index contributed by atoms with van der Waals surface area (Å²) in [6.45, 7) is 2.12. The standard InChI is InChI=1S/C10H10/c1-8-2-4-9(5-3-8)10-6-7-10/h2-7,10H,1H3. The van der Waals surface area contributed by atoms with Crippen LogP contribution in [0.25, 0.3) is 0 Å². The Kier molecular flexibility index (Phi) is 1.13. The van der Waals surface area contributed by atoms with Crippen LogP contribution in [-0.2, 0) is 0 Å². The van der Waals surface area contributed by atoms with E-state index in [1.165, 1.54) is 11.1 Å². The molecule has 0 atom stereocenters. The third-order valence-electron chi connectivity index (χ3n) is 1.85. The molecule has 1 aliphatic rings. The highest BCUT2D eigenvalue weighted by atomic mass is 14.2. The predicted molar refractivity (Wildman–Crippen MR) is 43.1 cm³/mol. The molecule has 0 N–H and O–H groups in total. The minimum Gasteiger partial charge on any atom is -0.0763 e. The SMILES string of the molecule is Cc1ccc(C2C=C2)cc1. The molecule has 0 saturated heterocycles. The van der Waals surface area contributed by atoms with E-state index in [0.717, 1.165) is 0 Å². The summed E-state index contributed by atoms with van der Waals surface area (Å²) in [6.07, 6.45) is 4.43. The molecule has 0 amide bonds. The average molecular weight is 130 g/mol. The summed E-state index contributed by atoms with van der Waals surface area (Å²) in [6, 6.07) is 8.71. The van der Waals surface area contributed by atoms with Crippen molar-refractivity contribution in [3.8, 4) is 0 Å². The number of aryl methyl sites for hydroxylation is 1. The molecule has 0 nitrogen and oxygen atoms in total. The number of hydrogen-bond acceptors (Lipinski definition) is 0. The average Bonchev–Trinajstić information content (AvgIpc) is 2.71. The molecule has 0 radical (unpaired) electrons. The van der Waals surface area contributed by atoms with E-state index in [1.54, 1.807) is 0 Å². The van der Waals surface area contributed by atoms with Gasteiger partial charge in [0.1, 0.15) is 0 Å². The summed E-state index contributed by atoms with van der Waals surface area (Å²) in [5.41, 5.74) is 2.76. The Morgan fingerprint density at radius 1 is 1.00 bits per heavy atom. The minimum atomic E-state index is 0.653. The second kappa shape index (κ2) is 1.98. The highest BCUT2D eigenvalue weighted by molar-refractivity contribution is 5.38. The van der Waals surface area contributed by atoms with E-state index in [1.807, 2.05) is 0 Å². The van der Waals surface area contributed by atoms with E-state index in [-0.39, 0.29) is 0 Å². The van der Waals surface area contributed by atoms with Crippen molar-refractivity contribution in [3.05, 3.63) is 47.5 Å². The number of allylic oxidation sites excluding steroid dienone is 2. The summed E-state index contributed by atoms with van der Waals surface area (Å²) in [5, 5.41) is 0. The van der Waals surface area contributed by atoms with Crippen molar-refractivity contribution >= 4 is 0 Å². The van der Waals surface area contributed by atoms with Gasteiger partial charge in [0, 0.05) is 5.92 Å². The fourth-order valence-electron chi connectivity index (χ4n) is 1.07. The zero-order valence-corrected chi connectivity index (χ0v) is 6.04. The molecule has 1 aromatic rings. The van der Waals surface area contributed by atoms with Crippen LogP contribution in [0.15, 0.2) is 36.4 Å². The Morgan fingerprint density at radius 2 is 1.60 bits per heavy atom. The molecule has 0 aliphatic heterocycles. The van der Waals surface area contributed by atoms with E-state index in [0.29, 0.717) is 5.92 Å². The molecule has 1 aromatic carbocycles. The van der Waals surface area contributed by atoms with Crippen LogP contribution in [0.2, 0.25) is 0 Å². The lowest BCUT2D eigenvalue weighted by Gasteiger charge is -1.96. The lowest BCUT2D eigenvalue weighted by Crippen LogP contribution is -1.79. The highest BCUT2D eigenvalue weighted by Gasteiger charge is 2.11. The maximum absolute atomic E-state index is 2.21. The van der Waals surface area contributed by atoms with E-state index in [4.69, 9.17) is 0 Å². The first-order valence-corrected chi connectivity index (χ1v) is 3.61. The van der Waals surface area contributed by atoms with Gasteiger partial charge in [-0.3, -0.25) is 0 Å². The van der Waals surface area contributed by atoms with Crippen LogP contribution in [0, 0.1) is 6.92 Å². The van der Waals surface area contributed by atoms with Gasteiger partial charge in [-0.25, -0.2) is 0 Å². The van der Waals surface area contributed by atoms with Crippen molar-refractivity contribution in [2.75, 3.05) is 0 Å². The van der Waals surface area contributed by atoms with Crippen molar-refractivity contribution in [3.63, 3.8) is 0 Å². The smallest absolute Gasteiger partial charge is 0.0199 e. The second-order valence-electron chi connectivity index (χ2n) is 2.82.